The zero-order valence-electron chi connectivity index (χ0n) is 29.7. The lowest BCUT2D eigenvalue weighted by Crippen LogP contribution is -2.44. The van der Waals surface area contributed by atoms with E-state index in [1.165, 1.54) is 13.8 Å². The van der Waals surface area contributed by atoms with Gasteiger partial charge >= 0.3 is 19.1 Å². The Balaban J connectivity index is 0.000000353. The molecule has 2 atom stereocenters. The van der Waals surface area contributed by atoms with Crippen molar-refractivity contribution >= 4 is 60.1 Å². The molecule has 1 saturated heterocycles. The van der Waals surface area contributed by atoms with Crippen molar-refractivity contribution in [3.63, 3.8) is 0 Å². The summed E-state index contributed by atoms with van der Waals surface area (Å²) in [7, 11) is -7.61. The molecule has 2 aromatic rings. The molecule has 0 spiro atoms. The average molecular weight is 774 g/mol. The largest absolute Gasteiger partial charge is 0.494 e. The van der Waals surface area contributed by atoms with Gasteiger partial charge in [0.1, 0.15) is 0 Å². The van der Waals surface area contributed by atoms with Gasteiger partial charge in [0.05, 0.1) is 24.4 Å². The number of hydrogen-bond donors (Lipinski definition) is 0. The quantitative estimate of drug-likeness (QED) is 0.201. The summed E-state index contributed by atoms with van der Waals surface area (Å²) in [6.07, 6.45) is 3.44. The zero-order chi connectivity index (χ0) is 36.8. The highest BCUT2D eigenvalue weighted by atomic mass is 79.9. The predicted molar refractivity (Wildman–Crippen MR) is 193 cm³/mol. The lowest BCUT2D eigenvalue weighted by molar-refractivity contribution is -0.146. The minimum atomic E-state index is -3.62. The van der Waals surface area contributed by atoms with Crippen molar-refractivity contribution < 1.29 is 45.2 Å². The van der Waals surface area contributed by atoms with Crippen LogP contribution in [0.4, 0.5) is 0 Å². The van der Waals surface area contributed by atoms with Crippen LogP contribution >= 0.6 is 15.9 Å². The summed E-state index contributed by atoms with van der Waals surface area (Å²) in [5.41, 5.74) is 1.99. The molecule has 3 rings (SSSR count). The van der Waals surface area contributed by atoms with Gasteiger partial charge in [-0.15, -0.1) is 0 Å². The molecule has 1 aliphatic rings. The number of esters is 2. The van der Waals surface area contributed by atoms with E-state index < -0.39 is 59.4 Å². The fourth-order valence-corrected chi connectivity index (χ4v) is 6.62. The highest BCUT2D eigenvalue weighted by Gasteiger charge is 2.52. The molecule has 0 unspecified atom stereocenters. The number of rotatable bonds is 13. The van der Waals surface area contributed by atoms with E-state index in [9.17, 15) is 26.4 Å². The van der Waals surface area contributed by atoms with Gasteiger partial charge in [-0.2, -0.15) is 0 Å². The molecule has 0 saturated carbocycles. The van der Waals surface area contributed by atoms with Gasteiger partial charge in [0.25, 0.3) is 0 Å². The number of halogens is 1. The third kappa shape index (κ3) is 10.1. The molecular weight excluding hydrogens is 723 g/mol. The number of ether oxygens (including phenoxy) is 2. The molecule has 0 N–H and O–H groups in total. The van der Waals surface area contributed by atoms with E-state index in [2.05, 4.69) is 15.9 Å². The lowest BCUT2D eigenvalue weighted by atomic mass is 9.78. The summed E-state index contributed by atoms with van der Waals surface area (Å²) >= 11 is 3.34. The summed E-state index contributed by atoms with van der Waals surface area (Å²) in [4.78, 5) is 24.2. The molecular formula is C34H50BBrO10S2. The Hall–Kier alpha value is -2.26. The first-order valence-electron chi connectivity index (χ1n) is 15.9. The fraction of sp³-hybridized carbons (Fsp3) is 0.588. The van der Waals surface area contributed by atoms with Gasteiger partial charge in [0.15, 0.2) is 29.2 Å². The van der Waals surface area contributed by atoms with Gasteiger partial charge in [-0.05, 0) is 110 Å². The minimum absolute atomic E-state index is 0.146. The summed E-state index contributed by atoms with van der Waals surface area (Å²) < 4.78 is 68.2. The Morgan fingerprint density at radius 1 is 0.708 bits per heavy atom. The molecule has 14 heteroatoms. The normalized spacial score (nSPS) is 18.1. The van der Waals surface area contributed by atoms with E-state index in [0.717, 1.165) is 33.6 Å². The van der Waals surface area contributed by atoms with Gasteiger partial charge in [-0.25, -0.2) is 16.8 Å². The van der Waals surface area contributed by atoms with Crippen LogP contribution in [0, 0.1) is 0 Å². The van der Waals surface area contributed by atoms with E-state index in [1.807, 2.05) is 76.2 Å². The van der Waals surface area contributed by atoms with Crippen molar-refractivity contribution in [2.45, 2.75) is 102 Å². The molecule has 0 radical (unpaired) electrons. The third-order valence-corrected chi connectivity index (χ3v) is 13.8. The maximum absolute atomic E-state index is 12.2. The van der Waals surface area contributed by atoms with Gasteiger partial charge in [-0.1, -0.05) is 52.3 Å². The number of carbonyl (C=O) groups excluding carboxylic acids is 2. The van der Waals surface area contributed by atoms with E-state index >= 15 is 0 Å². The lowest BCUT2D eigenvalue weighted by Gasteiger charge is -2.32. The zero-order valence-corrected chi connectivity index (χ0v) is 32.9. The van der Waals surface area contributed by atoms with Crippen LogP contribution in [0.25, 0.3) is 0 Å². The highest BCUT2D eigenvalue weighted by Crippen LogP contribution is 2.36. The second kappa shape index (κ2) is 16.2. The molecule has 268 valence electrons. The summed E-state index contributed by atoms with van der Waals surface area (Å²) in [6.45, 7) is 14.5. The first-order valence-corrected chi connectivity index (χ1v) is 20.4. The standard InChI is InChI=1S/C20H31BO6S.C14H19BrO4S/c1-8-25-17(22)20(6,28(7,23)24)14-13-15-9-11-16(12-10-15)21-26-18(2,3)19(4,5)27-21;1-4-19-13(16)14(2,20(3,17)18)10-9-11-5-7-12(15)8-6-11/h9-12H,8,13-14H2,1-7H3;5-8H,4,9-10H2,1-3H3/t20-;14-/m11/s1. The van der Waals surface area contributed by atoms with Crippen LogP contribution in [0.15, 0.2) is 53.0 Å². The number of hydrogen-bond acceptors (Lipinski definition) is 10. The SMILES string of the molecule is CCOC(=O)[C@@](C)(CCc1ccc(B2OC(C)(C)C(C)(C)O2)cc1)S(C)(=O)=O.CCOC(=O)[C@@](C)(CCc1ccc(Br)cc1)S(C)(=O)=O. The van der Waals surface area contributed by atoms with Gasteiger partial charge in [-0.3, -0.25) is 9.59 Å². The molecule has 10 nitrogen and oxygen atoms in total. The Bertz CT molecular complexity index is 1610. The maximum Gasteiger partial charge on any atom is 0.494 e. The third-order valence-electron chi connectivity index (χ3n) is 9.25. The molecule has 1 aliphatic heterocycles. The second-order valence-electron chi connectivity index (χ2n) is 13.4. The van der Waals surface area contributed by atoms with Crippen molar-refractivity contribution in [3.8, 4) is 0 Å². The van der Waals surface area contributed by atoms with Crippen LogP contribution in [0.3, 0.4) is 0 Å². The molecule has 0 aromatic heterocycles. The predicted octanol–water partition coefficient (Wildman–Crippen LogP) is 5.03. The monoisotopic (exact) mass is 772 g/mol. The minimum Gasteiger partial charge on any atom is -0.465 e. The van der Waals surface area contributed by atoms with E-state index in [1.54, 1.807) is 13.8 Å². The number of carbonyl (C=O) groups is 2. The second-order valence-corrected chi connectivity index (χ2v) is 19.2. The molecule has 0 bridgehead atoms. The Morgan fingerprint density at radius 2 is 1.04 bits per heavy atom. The molecule has 0 aliphatic carbocycles. The van der Waals surface area contributed by atoms with Crippen LogP contribution in [0.1, 0.15) is 79.4 Å². The van der Waals surface area contributed by atoms with Gasteiger partial charge in [0.2, 0.25) is 0 Å². The highest BCUT2D eigenvalue weighted by molar-refractivity contribution is 9.10. The fourth-order valence-electron chi connectivity index (χ4n) is 4.68. The molecule has 2 aromatic carbocycles. The van der Waals surface area contributed by atoms with Crippen LogP contribution in [0.5, 0.6) is 0 Å². The number of sulfone groups is 2. The van der Waals surface area contributed by atoms with Crippen molar-refractivity contribution in [1.82, 2.24) is 0 Å². The first kappa shape index (κ1) is 41.9. The van der Waals surface area contributed by atoms with Crippen LogP contribution < -0.4 is 5.46 Å². The molecule has 1 heterocycles. The smallest absolute Gasteiger partial charge is 0.465 e. The molecule has 0 amide bonds. The Kier molecular flexibility index (Phi) is 14.1. The van der Waals surface area contributed by atoms with Gasteiger partial charge in [0, 0.05) is 17.0 Å². The summed E-state index contributed by atoms with van der Waals surface area (Å²) in [6, 6.07) is 15.2. The van der Waals surface area contributed by atoms with Crippen molar-refractivity contribution in [2.24, 2.45) is 0 Å². The number of benzene rings is 2. The first-order chi connectivity index (χ1) is 21.9. The average Bonchev–Trinajstić information content (AvgIpc) is 3.21. The van der Waals surface area contributed by atoms with Crippen LogP contribution in [-0.4, -0.2) is 82.3 Å². The topological polar surface area (TPSA) is 139 Å². The maximum atomic E-state index is 12.2. The number of aryl methyl sites for hydroxylation is 2. The summed E-state index contributed by atoms with van der Waals surface area (Å²) in [5.74, 6) is -1.38. The Labute approximate surface area is 295 Å². The molecule has 1 fully saturated rings. The van der Waals surface area contributed by atoms with E-state index in [-0.39, 0.29) is 26.1 Å². The van der Waals surface area contributed by atoms with Crippen LogP contribution in [0.2, 0.25) is 0 Å². The summed E-state index contributed by atoms with van der Waals surface area (Å²) in [5, 5.41) is 0. The van der Waals surface area contributed by atoms with E-state index in [0.29, 0.717) is 12.8 Å². The van der Waals surface area contributed by atoms with Gasteiger partial charge < -0.3 is 18.8 Å². The molecule has 48 heavy (non-hydrogen) atoms. The van der Waals surface area contributed by atoms with Crippen molar-refractivity contribution in [2.75, 3.05) is 25.7 Å². The van der Waals surface area contributed by atoms with Crippen molar-refractivity contribution in [3.05, 3.63) is 64.1 Å². The van der Waals surface area contributed by atoms with Crippen molar-refractivity contribution in [1.29, 1.82) is 0 Å². The van der Waals surface area contributed by atoms with Crippen LogP contribution in [-0.2, 0) is 60.9 Å². The van der Waals surface area contributed by atoms with E-state index in [4.69, 9.17) is 18.8 Å². The Morgan fingerprint density at radius 3 is 1.35 bits per heavy atom.